The van der Waals surface area contributed by atoms with E-state index in [4.69, 9.17) is 4.42 Å². The summed E-state index contributed by atoms with van der Waals surface area (Å²) in [4.78, 5) is 21.4. The van der Waals surface area contributed by atoms with E-state index >= 15 is 0 Å². The molecule has 0 fully saturated rings. The summed E-state index contributed by atoms with van der Waals surface area (Å²) in [5, 5.41) is 22.9. The fourth-order valence-corrected chi connectivity index (χ4v) is 1.86. The van der Waals surface area contributed by atoms with Crippen molar-refractivity contribution in [2.75, 3.05) is 6.54 Å². The van der Waals surface area contributed by atoms with Gasteiger partial charge in [0.15, 0.2) is 5.76 Å². The van der Waals surface area contributed by atoms with Gasteiger partial charge in [0.2, 0.25) is 0 Å². The van der Waals surface area contributed by atoms with Gasteiger partial charge in [-0.25, -0.2) is 0 Å². The summed E-state index contributed by atoms with van der Waals surface area (Å²) in [6, 6.07) is 2.34. The van der Waals surface area contributed by atoms with Crippen molar-refractivity contribution in [1.82, 2.24) is 5.32 Å². The lowest BCUT2D eigenvalue weighted by Gasteiger charge is -2.25. The number of nitrogens with zero attached hydrogens (tertiary/aromatic N) is 1. The standard InChI is InChI=1S/C12H18N2O5/c1-8(2)6-12(3,16)7-13-11(15)9-4-5-10(19-9)14(17)18/h4-5,8,16H,6-7H2,1-3H3,(H,13,15). The number of amides is 1. The highest BCUT2D eigenvalue weighted by Gasteiger charge is 2.24. The van der Waals surface area contributed by atoms with Gasteiger partial charge < -0.3 is 14.8 Å². The number of hydrogen-bond donors (Lipinski definition) is 2. The van der Waals surface area contributed by atoms with Crippen LogP contribution in [0, 0.1) is 16.0 Å². The average Bonchev–Trinajstić information content (AvgIpc) is 2.73. The highest BCUT2D eigenvalue weighted by atomic mass is 16.6. The molecule has 1 unspecified atom stereocenters. The SMILES string of the molecule is CC(C)CC(C)(O)CNC(=O)c1ccc([N+](=O)[O-])o1. The molecular formula is C12H18N2O5. The summed E-state index contributed by atoms with van der Waals surface area (Å²) >= 11 is 0. The fraction of sp³-hybridized carbons (Fsp3) is 0.583. The van der Waals surface area contributed by atoms with Gasteiger partial charge in [-0.2, -0.15) is 0 Å². The molecule has 0 aliphatic heterocycles. The second-order valence-electron chi connectivity index (χ2n) is 5.17. The lowest BCUT2D eigenvalue weighted by atomic mass is 9.94. The maximum atomic E-state index is 11.7. The monoisotopic (exact) mass is 270 g/mol. The van der Waals surface area contributed by atoms with Crippen LogP contribution in [0.1, 0.15) is 37.7 Å². The van der Waals surface area contributed by atoms with E-state index in [9.17, 15) is 20.0 Å². The Balaban J connectivity index is 2.57. The summed E-state index contributed by atoms with van der Waals surface area (Å²) in [6.07, 6.45) is 0.533. The smallest absolute Gasteiger partial charge is 0.395 e. The van der Waals surface area contributed by atoms with Crippen molar-refractivity contribution in [1.29, 1.82) is 0 Å². The van der Waals surface area contributed by atoms with Crippen molar-refractivity contribution in [3.63, 3.8) is 0 Å². The molecule has 0 saturated carbocycles. The number of furan rings is 1. The third-order valence-electron chi connectivity index (χ3n) is 2.47. The molecule has 0 bridgehead atoms. The number of hydrogen-bond acceptors (Lipinski definition) is 5. The topological polar surface area (TPSA) is 106 Å². The van der Waals surface area contributed by atoms with Crippen LogP contribution in [0.2, 0.25) is 0 Å². The van der Waals surface area contributed by atoms with Gasteiger partial charge in [0, 0.05) is 6.54 Å². The van der Waals surface area contributed by atoms with Crippen LogP contribution in [0.5, 0.6) is 0 Å². The average molecular weight is 270 g/mol. The normalized spacial score (nSPS) is 14.2. The first-order chi connectivity index (χ1) is 8.71. The van der Waals surface area contributed by atoms with E-state index in [1.54, 1.807) is 6.92 Å². The predicted molar refractivity (Wildman–Crippen MR) is 67.8 cm³/mol. The Morgan fingerprint density at radius 1 is 1.58 bits per heavy atom. The van der Waals surface area contributed by atoms with Crippen LogP contribution in [0.3, 0.4) is 0 Å². The molecule has 1 aromatic heterocycles. The van der Waals surface area contributed by atoms with Gasteiger partial charge in [-0.3, -0.25) is 14.9 Å². The third kappa shape index (κ3) is 4.70. The Hall–Kier alpha value is -1.89. The van der Waals surface area contributed by atoms with Crippen molar-refractivity contribution in [3.05, 3.63) is 28.0 Å². The minimum Gasteiger partial charge on any atom is -0.395 e. The van der Waals surface area contributed by atoms with Gasteiger partial charge in [-0.05, 0) is 25.3 Å². The van der Waals surface area contributed by atoms with Crippen LogP contribution in [0.15, 0.2) is 16.5 Å². The van der Waals surface area contributed by atoms with E-state index in [1.807, 2.05) is 13.8 Å². The number of carbonyl (C=O) groups excluding carboxylic acids is 1. The van der Waals surface area contributed by atoms with E-state index in [2.05, 4.69) is 5.32 Å². The summed E-state index contributed by atoms with van der Waals surface area (Å²) < 4.78 is 4.76. The molecule has 1 rings (SSSR count). The zero-order valence-corrected chi connectivity index (χ0v) is 11.2. The van der Waals surface area contributed by atoms with Crippen molar-refractivity contribution in [2.24, 2.45) is 5.92 Å². The van der Waals surface area contributed by atoms with Crippen LogP contribution in [-0.4, -0.2) is 28.1 Å². The predicted octanol–water partition coefficient (Wildman–Crippen LogP) is 1.71. The summed E-state index contributed by atoms with van der Waals surface area (Å²) in [5.74, 6) is -0.931. The molecule has 0 radical (unpaired) electrons. The number of carbonyl (C=O) groups is 1. The molecule has 7 heteroatoms. The summed E-state index contributed by atoms with van der Waals surface area (Å²) in [5.41, 5.74) is -1.03. The summed E-state index contributed by atoms with van der Waals surface area (Å²) in [6.45, 7) is 5.61. The molecule has 0 aliphatic carbocycles. The zero-order valence-electron chi connectivity index (χ0n) is 11.2. The third-order valence-corrected chi connectivity index (χ3v) is 2.47. The van der Waals surface area contributed by atoms with E-state index in [0.29, 0.717) is 6.42 Å². The van der Waals surface area contributed by atoms with Crippen molar-refractivity contribution >= 4 is 11.8 Å². The first kappa shape index (κ1) is 15.2. The quantitative estimate of drug-likeness (QED) is 0.604. The van der Waals surface area contributed by atoms with Crippen LogP contribution >= 0.6 is 0 Å². The largest absolute Gasteiger partial charge is 0.433 e. The maximum Gasteiger partial charge on any atom is 0.433 e. The number of aliphatic hydroxyl groups is 1. The minimum absolute atomic E-state index is 0.0541. The van der Waals surface area contributed by atoms with Crippen LogP contribution in [0.25, 0.3) is 0 Å². The fourth-order valence-electron chi connectivity index (χ4n) is 1.86. The van der Waals surface area contributed by atoms with Crippen molar-refractivity contribution in [3.8, 4) is 0 Å². The van der Waals surface area contributed by atoms with Gasteiger partial charge in [0.25, 0.3) is 5.91 Å². The lowest BCUT2D eigenvalue weighted by molar-refractivity contribution is -0.402. The Morgan fingerprint density at radius 2 is 2.21 bits per heavy atom. The zero-order chi connectivity index (χ0) is 14.6. The molecule has 1 atom stereocenters. The second-order valence-corrected chi connectivity index (χ2v) is 5.17. The number of nitrogens with one attached hydrogen (secondary N) is 1. The molecule has 0 aliphatic rings. The molecule has 0 spiro atoms. The van der Waals surface area contributed by atoms with Gasteiger partial charge in [0.1, 0.15) is 4.92 Å². The molecule has 1 aromatic rings. The molecule has 0 aromatic carbocycles. The molecular weight excluding hydrogens is 252 g/mol. The van der Waals surface area contributed by atoms with Crippen molar-refractivity contribution in [2.45, 2.75) is 32.8 Å². The van der Waals surface area contributed by atoms with E-state index < -0.39 is 22.3 Å². The van der Waals surface area contributed by atoms with Crippen LogP contribution < -0.4 is 5.32 Å². The summed E-state index contributed by atoms with van der Waals surface area (Å²) in [7, 11) is 0. The first-order valence-electron chi connectivity index (χ1n) is 5.96. The highest BCUT2D eigenvalue weighted by molar-refractivity contribution is 5.91. The molecule has 0 saturated heterocycles. The Morgan fingerprint density at radius 3 is 2.68 bits per heavy atom. The van der Waals surface area contributed by atoms with E-state index in [1.165, 1.54) is 6.07 Å². The molecule has 106 valence electrons. The van der Waals surface area contributed by atoms with Gasteiger partial charge in [0.05, 0.1) is 11.7 Å². The highest BCUT2D eigenvalue weighted by Crippen LogP contribution is 2.17. The second kappa shape index (κ2) is 5.83. The van der Waals surface area contributed by atoms with E-state index in [-0.39, 0.29) is 18.2 Å². The Bertz CT molecular complexity index is 464. The van der Waals surface area contributed by atoms with Gasteiger partial charge in [-0.15, -0.1) is 0 Å². The lowest BCUT2D eigenvalue weighted by Crippen LogP contribution is -2.41. The van der Waals surface area contributed by atoms with Gasteiger partial charge in [-0.1, -0.05) is 13.8 Å². The Kier molecular flexibility index (Phi) is 4.66. The van der Waals surface area contributed by atoms with E-state index in [0.717, 1.165) is 6.07 Å². The van der Waals surface area contributed by atoms with Crippen LogP contribution in [-0.2, 0) is 0 Å². The molecule has 2 N–H and O–H groups in total. The number of rotatable bonds is 6. The molecule has 1 amide bonds. The molecule has 1 heterocycles. The van der Waals surface area contributed by atoms with Crippen LogP contribution in [0.4, 0.5) is 5.88 Å². The minimum atomic E-state index is -1.03. The van der Waals surface area contributed by atoms with Gasteiger partial charge >= 0.3 is 5.88 Å². The molecule has 19 heavy (non-hydrogen) atoms. The van der Waals surface area contributed by atoms with Crippen molar-refractivity contribution < 1.29 is 19.2 Å². The maximum absolute atomic E-state index is 11.7. The number of nitro groups is 1. The first-order valence-corrected chi connectivity index (χ1v) is 5.96. The Labute approximate surface area is 110 Å². The molecule has 7 nitrogen and oxygen atoms in total.